The number of carbonyl (C=O) groups excluding carboxylic acids is 1. The van der Waals surface area contributed by atoms with Gasteiger partial charge in [-0.15, -0.1) is 11.8 Å². The molecule has 1 aromatic rings. The summed E-state index contributed by atoms with van der Waals surface area (Å²) in [7, 11) is 0. The van der Waals surface area contributed by atoms with Gasteiger partial charge in [-0.3, -0.25) is 4.79 Å². The minimum Gasteiger partial charge on any atom is -0.299 e. The van der Waals surface area contributed by atoms with Gasteiger partial charge in [0, 0.05) is 11.3 Å². The van der Waals surface area contributed by atoms with Crippen molar-refractivity contribution in [1.29, 1.82) is 0 Å². The van der Waals surface area contributed by atoms with Gasteiger partial charge in [-0.25, -0.2) is 4.39 Å². The van der Waals surface area contributed by atoms with E-state index >= 15 is 0 Å². The van der Waals surface area contributed by atoms with Crippen LogP contribution in [0.4, 0.5) is 4.39 Å². The molecule has 0 radical (unpaired) electrons. The molecule has 0 N–H and O–H groups in total. The van der Waals surface area contributed by atoms with Crippen LogP contribution in [0.5, 0.6) is 0 Å². The average Bonchev–Trinajstić information content (AvgIpc) is 2.14. The molecular weight excluding hydrogens is 187 g/mol. The molecule has 0 unspecified atom stereocenters. The number of hydrogen-bond donors (Lipinski definition) is 0. The van der Waals surface area contributed by atoms with Crippen LogP contribution in [0, 0.1) is 5.82 Å². The lowest BCUT2D eigenvalue weighted by Gasteiger charge is -1.99. The number of Topliss-reactive ketones (excluding diaryl/α,β-unsaturated/α-hetero) is 1. The molecule has 0 saturated heterocycles. The fourth-order valence-electron chi connectivity index (χ4n) is 0.823. The van der Waals surface area contributed by atoms with Crippen LogP contribution in [0.2, 0.25) is 0 Å². The molecule has 0 fully saturated rings. The van der Waals surface area contributed by atoms with Crippen LogP contribution < -0.4 is 0 Å². The lowest BCUT2D eigenvalue weighted by atomic mass is 10.3. The Bertz CT molecular complexity index is 299. The summed E-state index contributed by atoms with van der Waals surface area (Å²) in [5, 5.41) is 0. The SMILES string of the molecule is CCC(=O)CSc1cccc(F)c1. The molecule has 13 heavy (non-hydrogen) atoms. The van der Waals surface area contributed by atoms with Crippen molar-refractivity contribution < 1.29 is 9.18 Å². The monoisotopic (exact) mass is 198 g/mol. The molecule has 1 nitrogen and oxygen atoms in total. The van der Waals surface area contributed by atoms with Crippen LogP contribution in [-0.4, -0.2) is 11.5 Å². The first kappa shape index (κ1) is 10.3. The Balaban J connectivity index is 2.50. The van der Waals surface area contributed by atoms with E-state index in [1.165, 1.54) is 23.9 Å². The quantitative estimate of drug-likeness (QED) is 0.692. The second-order valence-electron chi connectivity index (χ2n) is 2.64. The van der Waals surface area contributed by atoms with Gasteiger partial charge in [0.25, 0.3) is 0 Å². The Morgan fingerprint density at radius 1 is 1.54 bits per heavy atom. The van der Waals surface area contributed by atoms with Gasteiger partial charge < -0.3 is 0 Å². The molecule has 0 aliphatic carbocycles. The van der Waals surface area contributed by atoms with Crippen molar-refractivity contribution in [1.82, 2.24) is 0 Å². The maximum Gasteiger partial charge on any atom is 0.142 e. The first-order chi connectivity index (χ1) is 6.22. The van der Waals surface area contributed by atoms with Gasteiger partial charge in [-0.2, -0.15) is 0 Å². The zero-order chi connectivity index (χ0) is 9.68. The van der Waals surface area contributed by atoms with Crippen molar-refractivity contribution in [3.63, 3.8) is 0 Å². The minimum absolute atomic E-state index is 0.189. The largest absolute Gasteiger partial charge is 0.299 e. The van der Waals surface area contributed by atoms with Crippen molar-refractivity contribution in [2.75, 3.05) is 5.75 Å². The molecule has 0 aliphatic rings. The summed E-state index contributed by atoms with van der Waals surface area (Å²) in [6.45, 7) is 1.83. The molecule has 0 amide bonds. The van der Waals surface area contributed by atoms with Gasteiger partial charge in [0.05, 0.1) is 5.75 Å². The highest BCUT2D eigenvalue weighted by Gasteiger charge is 2.00. The van der Waals surface area contributed by atoms with E-state index in [0.29, 0.717) is 12.2 Å². The van der Waals surface area contributed by atoms with Gasteiger partial charge in [0.15, 0.2) is 0 Å². The van der Waals surface area contributed by atoms with Crippen molar-refractivity contribution >= 4 is 17.5 Å². The zero-order valence-corrected chi connectivity index (χ0v) is 8.23. The Morgan fingerprint density at radius 2 is 2.31 bits per heavy atom. The lowest BCUT2D eigenvalue weighted by molar-refractivity contribution is -0.116. The molecule has 0 bridgehead atoms. The molecule has 3 heteroatoms. The van der Waals surface area contributed by atoms with E-state index in [4.69, 9.17) is 0 Å². The van der Waals surface area contributed by atoms with Crippen LogP contribution in [-0.2, 0) is 4.79 Å². The molecule has 0 aromatic heterocycles. The maximum atomic E-state index is 12.7. The molecule has 0 heterocycles. The van der Waals surface area contributed by atoms with E-state index in [1.807, 2.05) is 6.92 Å². The third-order valence-electron chi connectivity index (χ3n) is 1.59. The first-order valence-electron chi connectivity index (χ1n) is 4.12. The van der Waals surface area contributed by atoms with Gasteiger partial charge in [0.1, 0.15) is 11.6 Å². The third-order valence-corrected chi connectivity index (χ3v) is 2.64. The van der Waals surface area contributed by atoms with Crippen LogP contribution in [0.1, 0.15) is 13.3 Å². The topological polar surface area (TPSA) is 17.1 Å². The van der Waals surface area contributed by atoms with Gasteiger partial charge in [-0.05, 0) is 18.2 Å². The second-order valence-corrected chi connectivity index (χ2v) is 3.69. The van der Waals surface area contributed by atoms with Crippen LogP contribution in [0.25, 0.3) is 0 Å². The Morgan fingerprint density at radius 3 is 2.92 bits per heavy atom. The number of carbonyl (C=O) groups is 1. The van der Waals surface area contributed by atoms with E-state index in [0.717, 1.165) is 4.90 Å². The predicted molar refractivity (Wildman–Crippen MR) is 52.4 cm³/mol. The highest BCUT2D eigenvalue weighted by Crippen LogP contribution is 2.18. The standard InChI is InChI=1S/C10H11FOS/c1-2-9(12)7-13-10-5-3-4-8(11)6-10/h3-6H,2,7H2,1H3. The van der Waals surface area contributed by atoms with E-state index in [9.17, 15) is 9.18 Å². The summed E-state index contributed by atoms with van der Waals surface area (Å²) in [5.41, 5.74) is 0. The number of benzene rings is 1. The van der Waals surface area contributed by atoms with Crippen molar-refractivity contribution in [3.8, 4) is 0 Å². The van der Waals surface area contributed by atoms with Crippen molar-refractivity contribution in [2.45, 2.75) is 18.2 Å². The molecule has 1 aromatic carbocycles. The van der Waals surface area contributed by atoms with Crippen molar-refractivity contribution in [2.24, 2.45) is 0 Å². The second kappa shape index (κ2) is 5.02. The fourth-order valence-corrected chi connectivity index (χ4v) is 1.73. The Hall–Kier alpha value is -0.830. The molecule has 0 spiro atoms. The van der Waals surface area contributed by atoms with E-state index in [1.54, 1.807) is 12.1 Å². The molecule has 0 aliphatic heterocycles. The smallest absolute Gasteiger partial charge is 0.142 e. The number of halogens is 1. The highest BCUT2D eigenvalue weighted by atomic mass is 32.2. The summed E-state index contributed by atoms with van der Waals surface area (Å²) in [4.78, 5) is 11.8. The lowest BCUT2D eigenvalue weighted by Crippen LogP contribution is -1.97. The summed E-state index contributed by atoms with van der Waals surface area (Å²) < 4.78 is 12.7. The zero-order valence-electron chi connectivity index (χ0n) is 7.42. The predicted octanol–water partition coefficient (Wildman–Crippen LogP) is 2.90. The Labute approximate surface area is 81.3 Å². The number of rotatable bonds is 4. The van der Waals surface area contributed by atoms with Crippen LogP contribution in [0.3, 0.4) is 0 Å². The molecule has 1 rings (SSSR count). The molecular formula is C10H11FOS. The fraction of sp³-hybridized carbons (Fsp3) is 0.300. The van der Waals surface area contributed by atoms with E-state index in [2.05, 4.69) is 0 Å². The molecule has 0 saturated carbocycles. The van der Waals surface area contributed by atoms with Gasteiger partial charge in [-0.1, -0.05) is 13.0 Å². The van der Waals surface area contributed by atoms with Crippen molar-refractivity contribution in [3.05, 3.63) is 30.1 Å². The van der Waals surface area contributed by atoms with Gasteiger partial charge >= 0.3 is 0 Å². The molecule has 0 atom stereocenters. The average molecular weight is 198 g/mol. The van der Waals surface area contributed by atoms with Crippen LogP contribution in [0.15, 0.2) is 29.2 Å². The third kappa shape index (κ3) is 3.59. The maximum absolute atomic E-state index is 12.7. The van der Waals surface area contributed by atoms with Gasteiger partial charge in [0.2, 0.25) is 0 Å². The van der Waals surface area contributed by atoms with E-state index < -0.39 is 0 Å². The number of ketones is 1. The number of thioether (sulfide) groups is 1. The minimum atomic E-state index is -0.256. The summed E-state index contributed by atoms with van der Waals surface area (Å²) in [6, 6.07) is 6.28. The summed E-state index contributed by atoms with van der Waals surface area (Å²) >= 11 is 1.38. The van der Waals surface area contributed by atoms with E-state index in [-0.39, 0.29) is 11.6 Å². The Kier molecular flexibility index (Phi) is 3.96. The highest BCUT2D eigenvalue weighted by molar-refractivity contribution is 8.00. The summed E-state index contributed by atoms with van der Waals surface area (Å²) in [5.74, 6) is 0.364. The first-order valence-corrected chi connectivity index (χ1v) is 5.11. The summed E-state index contributed by atoms with van der Waals surface area (Å²) in [6.07, 6.45) is 0.544. The normalized spacial score (nSPS) is 10.0. The molecule has 70 valence electrons. The number of hydrogen-bond acceptors (Lipinski definition) is 2. The van der Waals surface area contributed by atoms with Crippen LogP contribution >= 0.6 is 11.8 Å².